The van der Waals surface area contributed by atoms with Gasteiger partial charge >= 0.3 is 0 Å². The molecule has 1 atom stereocenters. The maximum absolute atomic E-state index is 11.7. The van der Waals surface area contributed by atoms with Gasteiger partial charge in [0.05, 0.1) is 21.8 Å². The van der Waals surface area contributed by atoms with Crippen molar-refractivity contribution >= 4 is 34.8 Å². The smallest absolute Gasteiger partial charge is 0.242 e. The summed E-state index contributed by atoms with van der Waals surface area (Å²) in [5, 5.41) is 3.34. The Morgan fingerprint density at radius 2 is 2.24 bits per heavy atom. The summed E-state index contributed by atoms with van der Waals surface area (Å²) in [6, 6.07) is 2.65. The average Bonchev–Trinajstić information content (AvgIpc) is 2.29. The molecule has 1 aromatic carbocycles. The lowest BCUT2D eigenvalue weighted by Crippen LogP contribution is -2.35. The molecule has 0 heterocycles. The van der Waals surface area contributed by atoms with Crippen molar-refractivity contribution < 1.29 is 4.79 Å². The summed E-state index contributed by atoms with van der Waals surface area (Å²) >= 11 is 12.0. The summed E-state index contributed by atoms with van der Waals surface area (Å²) in [4.78, 5) is 11.7. The Hall–Kier alpha value is -1.21. The van der Waals surface area contributed by atoms with Crippen LogP contribution in [0.25, 0.3) is 0 Å². The van der Waals surface area contributed by atoms with E-state index in [9.17, 15) is 4.79 Å². The van der Waals surface area contributed by atoms with Gasteiger partial charge in [-0.15, -0.1) is 12.3 Å². The average molecular weight is 271 g/mol. The second kappa shape index (κ2) is 5.92. The number of halogens is 2. The third-order valence-corrected chi connectivity index (χ3v) is 3.01. The lowest BCUT2D eigenvalue weighted by Gasteiger charge is -2.13. The zero-order chi connectivity index (χ0) is 13.0. The number of amides is 1. The first kappa shape index (κ1) is 13.9. The number of carbonyl (C=O) groups excluding carboxylic acids is 1. The highest BCUT2D eigenvalue weighted by Crippen LogP contribution is 2.32. The molecule has 90 valence electrons. The van der Waals surface area contributed by atoms with Gasteiger partial charge in [0.2, 0.25) is 5.91 Å². The van der Waals surface area contributed by atoms with Crippen molar-refractivity contribution in [3.63, 3.8) is 0 Å². The monoisotopic (exact) mass is 270 g/mol. The van der Waals surface area contributed by atoms with Crippen LogP contribution in [0.4, 0.5) is 5.69 Å². The molecule has 0 bridgehead atoms. The molecular weight excluding hydrogens is 259 g/mol. The Morgan fingerprint density at radius 1 is 1.59 bits per heavy atom. The molecule has 0 fully saturated rings. The van der Waals surface area contributed by atoms with Gasteiger partial charge in [-0.05, 0) is 18.6 Å². The van der Waals surface area contributed by atoms with Gasteiger partial charge in [-0.2, -0.15) is 0 Å². The number of anilines is 1. The fraction of sp³-hybridized carbons (Fsp3) is 0.250. The van der Waals surface area contributed by atoms with E-state index in [0.717, 1.165) is 5.56 Å². The zero-order valence-corrected chi connectivity index (χ0v) is 10.8. The van der Waals surface area contributed by atoms with E-state index in [1.165, 1.54) is 0 Å². The molecule has 17 heavy (non-hydrogen) atoms. The number of hydrogen-bond acceptors (Lipinski definition) is 2. The molecular formula is C12H12Cl2N2O. The third-order valence-electron chi connectivity index (χ3n) is 2.21. The van der Waals surface area contributed by atoms with Crippen LogP contribution >= 0.6 is 23.2 Å². The van der Waals surface area contributed by atoms with E-state index in [-0.39, 0.29) is 6.42 Å². The molecule has 0 saturated heterocycles. The van der Waals surface area contributed by atoms with Crippen LogP contribution in [0.2, 0.25) is 10.0 Å². The van der Waals surface area contributed by atoms with E-state index in [2.05, 4.69) is 11.2 Å². The molecule has 1 amide bonds. The van der Waals surface area contributed by atoms with E-state index in [1.807, 2.05) is 6.92 Å². The minimum absolute atomic E-state index is 0.160. The van der Waals surface area contributed by atoms with Crippen molar-refractivity contribution in [1.29, 1.82) is 0 Å². The molecule has 0 aromatic heterocycles. The number of hydrogen-bond donors (Lipinski definition) is 2. The van der Waals surface area contributed by atoms with E-state index < -0.39 is 11.9 Å². The number of aryl methyl sites for hydroxylation is 1. The second-order valence-corrected chi connectivity index (χ2v) is 4.34. The number of terminal acetylenes is 1. The van der Waals surface area contributed by atoms with E-state index in [1.54, 1.807) is 12.1 Å². The Labute approximate surface area is 110 Å². The van der Waals surface area contributed by atoms with Crippen molar-refractivity contribution in [2.24, 2.45) is 5.73 Å². The summed E-state index contributed by atoms with van der Waals surface area (Å²) in [6.07, 6.45) is 5.24. The van der Waals surface area contributed by atoms with Crippen molar-refractivity contribution in [1.82, 2.24) is 0 Å². The maximum atomic E-state index is 11.7. The Bertz CT molecular complexity index is 480. The van der Waals surface area contributed by atoms with Crippen LogP contribution in [0, 0.1) is 19.3 Å². The molecule has 0 radical (unpaired) electrons. The predicted molar refractivity (Wildman–Crippen MR) is 71.3 cm³/mol. The lowest BCUT2D eigenvalue weighted by molar-refractivity contribution is -0.117. The van der Waals surface area contributed by atoms with Crippen molar-refractivity contribution in [3.8, 4) is 12.3 Å². The van der Waals surface area contributed by atoms with Crippen LogP contribution in [-0.4, -0.2) is 11.9 Å². The van der Waals surface area contributed by atoms with Crippen LogP contribution < -0.4 is 11.1 Å². The third kappa shape index (κ3) is 3.37. The summed E-state index contributed by atoms with van der Waals surface area (Å²) in [6.45, 7) is 1.82. The molecule has 5 heteroatoms. The lowest BCUT2D eigenvalue weighted by atomic mass is 10.2. The number of benzene rings is 1. The molecule has 0 aliphatic carbocycles. The fourth-order valence-corrected chi connectivity index (χ4v) is 1.67. The van der Waals surface area contributed by atoms with Crippen LogP contribution in [-0.2, 0) is 4.79 Å². The fourth-order valence-electron chi connectivity index (χ4n) is 1.21. The normalized spacial score (nSPS) is 11.7. The minimum atomic E-state index is -0.771. The summed E-state index contributed by atoms with van der Waals surface area (Å²) in [5.41, 5.74) is 6.76. The summed E-state index contributed by atoms with van der Waals surface area (Å²) in [7, 11) is 0. The van der Waals surface area contributed by atoms with Crippen molar-refractivity contribution in [2.75, 3.05) is 5.32 Å². The second-order valence-electron chi connectivity index (χ2n) is 3.56. The molecule has 0 saturated carbocycles. The van der Waals surface area contributed by atoms with Gasteiger partial charge in [-0.1, -0.05) is 29.3 Å². The highest BCUT2D eigenvalue weighted by atomic mass is 35.5. The number of carbonyl (C=O) groups is 1. The standard InChI is InChI=1S/C12H12Cl2N2O/c1-3-4-9(15)12(17)16-11-8(13)6-5-7(2)10(11)14/h1,5-6,9H,4,15H2,2H3,(H,16,17). The maximum Gasteiger partial charge on any atom is 0.242 e. The number of nitrogens with two attached hydrogens (primary N) is 1. The van der Waals surface area contributed by atoms with Gasteiger partial charge in [0, 0.05) is 6.42 Å². The van der Waals surface area contributed by atoms with E-state index in [0.29, 0.717) is 15.7 Å². The largest absolute Gasteiger partial charge is 0.322 e. The number of nitrogens with one attached hydrogen (secondary N) is 1. The number of rotatable bonds is 3. The molecule has 0 aliphatic rings. The predicted octanol–water partition coefficient (Wildman–Crippen LogP) is 2.59. The molecule has 3 nitrogen and oxygen atoms in total. The van der Waals surface area contributed by atoms with Crippen LogP contribution in [0.3, 0.4) is 0 Å². The Kier molecular flexibility index (Phi) is 4.83. The van der Waals surface area contributed by atoms with Gasteiger partial charge in [0.25, 0.3) is 0 Å². The molecule has 1 rings (SSSR count). The SMILES string of the molecule is C#CCC(N)C(=O)Nc1c(Cl)ccc(C)c1Cl. The highest BCUT2D eigenvalue weighted by molar-refractivity contribution is 6.40. The van der Waals surface area contributed by atoms with Gasteiger partial charge in [0.15, 0.2) is 0 Å². The molecule has 1 unspecified atom stereocenters. The quantitative estimate of drug-likeness (QED) is 0.830. The topological polar surface area (TPSA) is 55.1 Å². The van der Waals surface area contributed by atoms with Crippen LogP contribution in [0.5, 0.6) is 0 Å². The summed E-state index contributed by atoms with van der Waals surface area (Å²) in [5.74, 6) is 1.92. The first-order chi connectivity index (χ1) is 7.97. The highest BCUT2D eigenvalue weighted by Gasteiger charge is 2.16. The van der Waals surface area contributed by atoms with Crippen LogP contribution in [0.1, 0.15) is 12.0 Å². The van der Waals surface area contributed by atoms with Crippen molar-refractivity contribution in [2.45, 2.75) is 19.4 Å². The van der Waals surface area contributed by atoms with Crippen molar-refractivity contribution in [3.05, 3.63) is 27.7 Å². The molecule has 0 aliphatic heterocycles. The van der Waals surface area contributed by atoms with E-state index >= 15 is 0 Å². The Balaban J connectivity index is 2.93. The van der Waals surface area contributed by atoms with Gasteiger partial charge in [-0.25, -0.2) is 0 Å². The molecule has 1 aromatic rings. The van der Waals surface area contributed by atoms with Gasteiger partial charge < -0.3 is 11.1 Å². The Morgan fingerprint density at radius 3 is 2.82 bits per heavy atom. The first-order valence-electron chi connectivity index (χ1n) is 4.92. The van der Waals surface area contributed by atoms with E-state index in [4.69, 9.17) is 35.4 Å². The summed E-state index contributed by atoms with van der Waals surface area (Å²) < 4.78 is 0. The zero-order valence-electron chi connectivity index (χ0n) is 9.26. The minimum Gasteiger partial charge on any atom is -0.322 e. The molecule has 3 N–H and O–H groups in total. The van der Waals surface area contributed by atoms with Crippen LogP contribution in [0.15, 0.2) is 12.1 Å². The van der Waals surface area contributed by atoms with Gasteiger partial charge in [-0.3, -0.25) is 4.79 Å². The van der Waals surface area contributed by atoms with Gasteiger partial charge in [0.1, 0.15) is 0 Å². The first-order valence-corrected chi connectivity index (χ1v) is 5.67. The molecule has 0 spiro atoms.